The van der Waals surface area contributed by atoms with Gasteiger partial charge in [-0.2, -0.15) is 10.2 Å². The Morgan fingerprint density at radius 2 is 1.81 bits per heavy atom. The molecule has 3 aromatic rings. The Hall–Kier alpha value is -2.49. The molecule has 0 bridgehead atoms. The van der Waals surface area contributed by atoms with Gasteiger partial charge in [0.2, 0.25) is 5.88 Å². The lowest BCUT2D eigenvalue weighted by Gasteiger charge is -2.15. The van der Waals surface area contributed by atoms with Crippen LogP contribution in [0.4, 0.5) is 0 Å². The van der Waals surface area contributed by atoms with Crippen LogP contribution in [0, 0.1) is 25.2 Å². The molecule has 0 fully saturated rings. The normalized spacial score (nSPS) is 11.1. The highest BCUT2D eigenvalue weighted by molar-refractivity contribution is 7.18. The maximum Gasteiger partial charge on any atom is 0.231 e. The third-order valence-corrected chi connectivity index (χ3v) is 5.75. The number of ether oxygens (including phenoxy) is 1. The average molecular weight is 367 g/mol. The molecular formula is C20H23N4OS+. The zero-order valence-electron chi connectivity index (χ0n) is 15.6. The van der Waals surface area contributed by atoms with Crippen LogP contribution in [-0.4, -0.2) is 23.1 Å². The molecule has 0 unspecified atom stereocenters. The molecule has 1 aromatic carbocycles. The van der Waals surface area contributed by atoms with E-state index in [-0.39, 0.29) is 0 Å². The molecular weight excluding hydrogens is 344 g/mol. The zero-order chi connectivity index (χ0) is 18.7. The third kappa shape index (κ3) is 3.69. The smallest absolute Gasteiger partial charge is 0.231 e. The van der Waals surface area contributed by atoms with E-state index >= 15 is 0 Å². The van der Waals surface area contributed by atoms with Gasteiger partial charge in [-0.3, -0.25) is 0 Å². The molecule has 2 heterocycles. The molecule has 0 aliphatic heterocycles. The van der Waals surface area contributed by atoms with Gasteiger partial charge in [0, 0.05) is 4.88 Å². The molecule has 0 aliphatic rings. The van der Waals surface area contributed by atoms with E-state index in [2.05, 4.69) is 33.8 Å². The first-order valence-electron chi connectivity index (χ1n) is 8.83. The van der Waals surface area contributed by atoms with Crippen LogP contribution in [0.5, 0.6) is 11.6 Å². The number of hydrogen-bond donors (Lipinski definition) is 1. The van der Waals surface area contributed by atoms with Crippen LogP contribution in [0.1, 0.15) is 35.7 Å². The molecule has 0 radical (unpaired) electrons. The van der Waals surface area contributed by atoms with Gasteiger partial charge in [0.05, 0.1) is 30.1 Å². The summed E-state index contributed by atoms with van der Waals surface area (Å²) in [6, 6.07) is 9.23. The SMILES string of the molecule is CC[NH+](CC)Cc1nc(Oc2ccc(C#N)cc2)c2c(C)c(C)sc2n1. The average Bonchev–Trinajstić information content (AvgIpc) is 2.94. The molecule has 3 rings (SSSR count). The lowest BCUT2D eigenvalue weighted by molar-refractivity contribution is -0.910. The van der Waals surface area contributed by atoms with Crippen LogP contribution in [0.25, 0.3) is 10.2 Å². The number of aryl methyl sites for hydroxylation is 2. The van der Waals surface area contributed by atoms with E-state index in [1.54, 1.807) is 35.6 Å². The van der Waals surface area contributed by atoms with Gasteiger partial charge in [-0.1, -0.05) is 0 Å². The number of fused-ring (bicyclic) bond motifs is 1. The summed E-state index contributed by atoms with van der Waals surface area (Å²) in [4.78, 5) is 13.2. The van der Waals surface area contributed by atoms with E-state index in [0.29, 0.717) is 17.2 Å². The minimum Gasteiger partial charge on any atom is -0.438 e. The number of nitrogens with zero attached hydrogens (tertiary/aromatic N) is 3. The van der Waals surface area contributed by atoms with Crippen molar-refractivity contribution in [3.8, 4) is 17.7 Å². The number of thiophene rings is 1. The predicted molar refractivity (Wildman–Crippen MR) is 104 cm³/mol. The Bertz CT molecular complexity index is 953. The lowest BCUT2D eigenvalue weighted by Crippen LogP contribution is -3.10. The molecule has 0 spiro atoms. The molecule has 26 heavy (non-hydrogen) atoms. The highest BCUT2D eigenvalue weighted by atomic mass is 32.1. The van der Waals surface area contributed by atoms with Crippen molar-refractivity contribution >= 4 is 21.6 Å². The molecule has 0 aliphatic carbocycles. The van der Waals surface area contributed by atoms with Crippen LogP contribution in [-0.2, 0) is 6.54 Å². The standard InChI is InChI=1S/C20H22N4OS/c1-5-24(6-2)12-17-22-19(18-13(3)14(4)26-20(18)23-17)25-16-9-7-15(11-21)8-10-16/h7-10H,5-6,12H2,1-4H3/p+1. The predicted octanol–water partition coefficient (Wildman–Crippen LogP) is 3.40. The molecule has 134 valence electrons. The molecule has 1 N–H and O–H groups in total. The molecule has 0 amide bonds. The maximum absolute atomic E-state index is 8.95. The molecule has 0 saturated carbocycles. The minimum atomic E-state index is 0.600. The van der Waals surface area contributed by atoms with Crippen LogP contribution < -0.4 is 9.64 Å². The summed E-state index contributed by atoms with van der Waals surface area (Å²) in [5.74, 6) is 2.08. The molecule has 5 nitrogen and oxygen atoms in total. The quantitative estimate of drug-likeness (QED) is 0.725. The summed E-state index contributed by atoms with van der Waals surface area (Å²) in [5.41, 5.74) is 1.77. The number of benzene rings is 1. The van der Waals surface area contributed by atoms with Crippen molar-refractivity contribution in [2.45, 2.75) is 34.2 Å². The number of nitrogens with one attached hydrogen (secondary N) is 1. The summed E-state index contributed by atoms with van der Waals surface area (Å²) in [5, 5.41) is 9.93. The van der Waals surface area contributed by atoms with E-state index < -0.39 is 0 Å². The van der Waals surface area contributed by atoms with Gasteiger partial charge in [-0.25, -0.2) is 4.98 Å². The van der Waals surface area contributed by atoms with E-state index in [1.807, 2.05) is 0 Å². The van der Waals surface area contributed by atoms with E-state index in [1.165, 1.54) is 9.78 Å². The number of rotatable bonds is 6. The number of quaternary nitrogens is 1. The fourth-order valence-electron chi connectivity index (χ4n) is 2.84. The van der Waals surface area contributed by atoms with Crippen molar-refractivity contribution in [2.24, 2.45) is 0 Å². The second kappa shape index (κ2) is 7.81. The first kappa shape index (κ1) is 18.3. The summed E-state index contributed by atoms with van der Waals surface area (Å²) in [7, 11) is 0. The molecule has 0 saturated heterocycles. The second-order valence-corrected chi connectivity index (χ2v) is 7.48. The van der Waals surface area contributed by atoms with Gasteiger partial charge in [-0.15, -0.1) is 11.3 Å². The van der Waals surface area contributed by atoms with Gasteiger partial charge >= 0.3 is 0 Å². The first-order valence-corrected chi connectivity index (χ1v) is 9.65. The van der Waals surface area contributed by atoms with Crippen molar-refractivity contribution in [2.75, 3.05) is 13.1 Å². The highest BCUT2D eigenvalue weighted by Crippen LogP contribution is 2.36. The fraction of sp³-hybridized carbons (Fsp3) is 0.350. The Kier molecular flexibility index (Phi) is 5.50. The Morgan fingerprint density at radius 1 is 1.12 bits per heavy atom. The van der Waals surface area contributed by atoms with Crippen LogP contribution in [0.3, 0.4) is 0 Å². The van der Waals surface area contributed by atoms with Gasteiger partial charge in [0.25, 0.3) is 0 Å². The maximum atomic E-state index is 8.95. The van der Waals surface area contributed by atoms with Gasteiger partial charge < -0.3 is 9.64 Å². The summed E-state index contributed by atoms with van der Waals surface area (Å²) >= 11 is 1.68. The number of nitriles is 1. The van der Waals surface area contributed by atoms with Crippen LogP contribution in [0.15, 0.2) is 24.3 Å². The van der Waals surface area contributed by atoms with Crippen molar-refractivity contribution in [3.63, 3.8) is 0 Å². The Labute approximate surface area is 157 Å². The summed E-state index contributed by atoms with van der Waals surface area (Å²) in [6.07, 6.45) is 0. The van der Waals surface area contributed by atoms with E-state index in [4.69, 9.17) is 20.0 Å². The van der Waals surface area contributed by atoms with Crippen LogP contribution in [0.2, 0.25) is 0 Å². The van der Waals surface area contributed by atoms with Gasteiger partial charge in [0.1, 0.15) is 17.1 Å². The lowest BCUT2D eigenvalue weighted by atomic mass is 10.2. The summed E-state index contributed by atoms with van der Waals surface area (Å²) < 4.78 is 6.11. The zero-order valence-corrected chi connectivity index (χ0v) is 16.4. The van der Waals surface area contributed by atoms with Crippen LogP contribution >= 0.6 is 11.3 Å². The summed E-state index contributed by atoms with van der Waals surface area (Å²) in [6.45, 7) is 11.4. The largest absolute Gasteiger partial charge is 0.438 e. The molecule has 0 atom stereocenters. The molecule has 2 aromatic heterocycles. The topological polar surface area (TPSA) is 63.2 Å². The van der Waals surface area contributed by atoms with Crippen molar-refractivity contribution in [1.29, 1.82) is 5.26 Å². The Balaban J connectivity index is 2.04. The monoisotopic (exact) mass is 367 g/mol. The van der Waals surface area contributed by atoms with E-state index in [9.17, 15) is 0 Å². The number of hydrogen-bond acceptors (Lipinski definition) is 5. The second-order valence-electron chi connectivity index (χ2n) is 6.28. The van der Waals surface area contributed by atoms with Crippen molar-refractivity contribution < 1.29 is 9.64 Å². The van der Waals surface area contributed by atoms with Gasteiger partial charge in [-0.05, 0) is 57.5 Å². The fourth-order valence-corrected chi connectivity index (χ4v) is 3.88. The highest BCUT2D eigenvalue weighted by Gasteiger charge is 2.18. The van der Waals surface area contributed by atoms with Crippen molar-refractivity contribution in [1.82, 2.24) is 9.97 Å². The third-order valence-electron chi connectivity index (χ3n) is 4.65. The van der Waals surface area contributed by atoms with Crippen molar-refractivity contribution in [3.05, 3.63) is 46.1 Å². The Morgan fingerprint density at radius 3 is 2.42 bits per heavy atom. The number of aromatic nitrogens is 2. The molecule has 6 heteroatoms. The minimum absolute atomic E-state index is 0.600. The van der Waals surface area contributed by atoms with Gasteiger partial charge in [0.15, 0.2) is 5.82 Å². The first-order chi connectivity index (χ1) is 12.5. The van der Waals surface area contributed by atoms with E-state index in [0.717, 1.165) is 41.2 Å².